The van der Waals surface area contributed by atoms with Gasteiger partial charge in [0, 0.05) is 29.7 Å². The maximum atomic E-state index is 13.9. The highest BCUT2D eigenvalue weighted by molar-refractivity contribution is 6.31. The van der Waals surface area contributed by atoms with E-state index in [0.717, 1.165) is 11.9 Å². The predicted molar refractivity (Wildman–Crippen MR) is 139 cm³/mol. The first-order valence-corrected chi connectivity index (χ1v) is 11.7. The number of aliphatic imine (C=N–C) groups is 1. The molecule has 0 aromatic carbocycles. The minimum Gasteiger partial charge on any atom is -0.485 e. The van der Waals surface area contributed by atoms with Gasteiger partial charge in [0.2, 0.25) is 0 Å². The molecular formula is C26H28ClF2N5O3. The fourth-order valence-corrected chi connectivity index (χ4v) is 3.68. The van der Waals surface area contributed by atoms with Crippen LogP contribution in [0.25, 0.3) is 5.70 Å². The number of halogens is 3. The van der Waals surface area contributed by atoms with E-state index in [1.165, 1.54) is 16.7 Å². The number of nitrogens with zero attached hydrogens (tertiary/aromatic N) is 5. The number of aryl methyl sites for hydroxylation is 2. The van der Waals surface area contributed by atoms with Crippen LogP contribution < -0.4 is 10.3 Å². The summed E-state index contributed by atoms with van der Waals surface area (Å²) in [6, 6.07) is 4.02. The summed E-state index contributed by atoms with van der Waals surface area (Å²) < 4.78 is 35.5. The van der Waals surface area contributed by atoms with E-state index in [1.54, 1.807) is 44.7 Å². The molecule has 0 unspecified atom stereocenters. The Morgan fingerprint density at radius 3 is 2.57 bits per heavy atom. The average Bonchev–Trinajstić information content (AvgIpc) is 3.20. The smallest absolute Gasteiger partial charge is 0.277 e. The molecule has 0 aliphatic carbocycles. The maximum absolute atomic E-state index is 13.9. The van der Waals surface area contributed by atoms with Crippen LogP contribution in [0.15, 0.2) is 52.4 Å². The second kappa shape index (κ2) is 11.2. The van der Waals surface area contributed by atoms with Gasteiger partial charge in [0.25, 0.3) is 5.56 Å². The molecule has 0 amide bonds. The second-order valence-electron chi connectivity index (χ2n) is 8.93. The number of pyridine rings is 2. The minimum atomic E-state index is -1.07. The van der Waals surface area contributed by atoms with Gasteiger partial charge in [-0.1, -0.05) is 18.2 Å². The van der Waals surface area contributed by atoms with Crippen LogP contribution in [0.4, 0.5) is 8.78 Å². The number of aromatic nitrogens is 4. The van der Waals surface area contributed by atoms with Crippen LogP contribution >= 0.6 is 11.6 Å². The number of allylic oxidation sites excluding steroid dienone is 3. The Labute approximate surface area is 218 Å². The zero-order chi connectivity index (χ0) is 27.5. The Kier molecular flexibility index (Phi) is 8.45. The molecule has 3 aromatic rings. The zero-order valence-corrected chi connectivity index (χ0v) is 22.0. The SMILES string of the molecule is C=C/C(=C(/C)C=NCn1nc(C(C)(C)O)cc1C)n1c(C)cc(OCc2ncc(F)cc2F)c(Cl)c1=O. The number of hydrogen-bond donors (Lipinski definition) is 1. The van der Waals surface area contributed by atoms with E-state index in [9.17, 15) is 18.7 Å². The molecule has 0 spiro atoms. The van der Waals surface area contributed by atoms with Gasteiger partial charge in [-0.3, -0.25) is 19.3 Å². The molecule has 0 atom stereocenters. The summed E-state index contributed by atoms with van der Waals surface area (Å²) in [6.45, 7) is 12.3. The largest absolute Gasteiger partial charge is 0.485 e. The Morgan fingerprint density at radius 1 is 1.27 bits per heavy atom. The third kappa shape index (κ3) is 6.39. The highest BCUT2D eigenvalue weighted by atomic mass is 35.5. The van der Waals surface area contributed by atoms with Crippen LogP contribution in [0, 0.1) is 25.5 Å². The highest BCUT2D eigenvalue weighted by Crippen LogP contribution is 2.25. The van der Waals surface area contributed by atoms with E-state index in [1.807, 2.05) is 6.92 Å². The summed E-state index contributed by atoms with van der Waals surface area (Å²) >= 11 is 6.29. The maximum Gasteiger partial charge on any atom is 0.277 e. The predicted octanol–water partition coefficient (Wildman–Crippen LogP) is 4.94. The van der Waals surface area contributed by atoms with Crippen LogP contribution in [-0.4, -0.2) is 30.7 Å². The van der Waals surface area contributed by atoms with Crippen molar-refractivity contribution < 1.29 is 18.6 Å². The molecule has 3 heterocycles. The lowest BCUT2D eigenvalue weighted by Crippen LogP contribution is -2.23. The van der Waals surface area contributed by atoms with Crippen molar-refractivity contribution >= 4 is 23.5 Å². The van der Waals surface area contributed by atoms with Crippen molar-refractivity contribution in [2.45, 2.75) is 53.5 Å². The summed E-state index contributed by atoms with van der Waals surface area (Å²) in [5, 5.41) is 14.3. The highest BCUT2D eigenvalue weighted by Gasteiger charge is 2.20. The molecule has 11 heteroatoms. The van der Waals surface area contributed by atoms with E-state index in [-0.39, 0.29) is 29.7 Å². The Morgan fingerprint density at radius 2 is 1.97 bits per heavy atom. The quantitative estimate of drug-likeness (QED) is 0.312. The summed E-state index contributed by atoms with van der Waals surface area (Å²) in [6.07, 6.45) is 3.98. The first-order valence-electron chi connectivity index (χ1n) is 11.3. The van der Waals surface area contributed by atoms with Gasteiger partial charge >= 0.3 is 0 Å². The number of aliphatic hydroxyl groups is 1. The number of hydrogen-bond acceptors (Lipinski definition) is 6. The van der Waals surface area contributed by atoms with E-state index < -0.39 is 22.8 Å². The zero-order valence-electron chi connectivity index (χ0n) is 21.2. The molecule has 1 N–H and O–H groups in total. The van der Waals surface area contributed by atoms with Crippen molar-refractivity contribution in [1.29, 1.82) is 0 Å². The summed E-state index contributed by atoms with van der Waals surface area (Å²) in [7, 11) is 0. The van der Waals surface area contributed by atoms with Gasteiger partial charge in [-0.15, -0.1) is 0 Å². The molecule has 0 saturated carbocycles. The molecule has 196 valence electrons. The van der Waals surface area contributed by atoms with Gasteiger partial charge in [-0.2, -0.15) is 5.10 Å². The van der Waals surface area contributed by atoms with E-state index in [0.29, 0.717) is 28.7 Å². The molecule has 0 fully saturated rings. The van der Waals surface area contributed by atoms with Gasteiger partial charge in [0.15, 0.2) is 5.82 Å². The summed E-state index contributed by atoms with van der Waals surface area (Å²) in [5.74, 6) is -1.63. The number of rotatable bonds is 9. The molecule has 0 bridgehead atoms. The van der Waals surface area contributed by atoms with E-state index in [2.05, 4.69) is 21.7 Å². The molecule has 0 aliphatic rings. The molecule has 0 radical (unpaired) electrons. The van der Waals surface area contributed by atoms with Gasteiger partial charge in [-0.05, 0) is 52.3 Å². The molecule has 8 nitrogen and oxygen atoms in total. The Hall–Kier alpha value is -3.63. The Bertz CT molecular complexity index is 1450. The minimum absolute atomic E-state index is 0.0393. The van der Waals surface area contributed by atoms with Crippen molar-refractivity contribution in [3.8, 4) is 5.75 Å². The summed E-state index contributed by atoms with van der Waals surface area (Å²) in [4.78, 5) is 21.2. The number of ether oxygens (including phenoxy) is 1. The molecule has 0 aliphatic heterocycles. The van der Waals surface area contributed by atoms with Gasteiger partial charge in [0.1, 0.15) is 41.2 Å². The molecule has 3 rings (SSSR count). The lowest BCUT2D eigenvalue weighted by molar-refractivity contribution is 0.0730. The molecule has 0 saturated heterocycles. The van der Waals surface area contributed by atoms with Crippen molar-refractivity contribution in [2.75, 3.05) is 0 Å². The monoisotopic (exact) mass is 531 g/mol. The third-order valence-corrected chi connectivity index (χ3v) is 5.84. The third-order valence-electron chi connectivity index (χ3n) is 5.50. The van der Waals surface area contributed by atoms with Crippen LogP contribution in [0.3, 0.4) is 0 Å². The standard InChI is InChI=1S/C26H28ClF2N5O3/c1-7-21(15(2)11-30-14-33-16(3)9-23(32-33)26(5,6)36)34-17(4)8-22(24(27)25(34)35)37-13-20-19(29)10-18(28)12-31-20/h7-12,36H,1,13-14H2,2-6H3/b21-15+,30-11?. The van der Waals surface area contributed by atoms with Crippen molar-refractivity contribution in [3.63, 3.8) is 0 Å². The molecule has 3 aromatic heterocycles. The lowest BCUT2D eigenvalue weighted by atomic mass is 10.1. The van der Waals surface area contributed by atoms with Crippen molar-refractivity contribution in [2.24, 2.45) is 4.99 Å². The van der Waals surface area contributed by atoms with E-state index >= 15 is 0 Å². The normalized spacial score (nSPS) is 12.7. The first kappa shape index (κ1) is 27.9. The summed E-state index contributed by atoms with van der Waals surface area (Å²) in [5.41, 5.74) is 1.20. The fraction of sp³-hybridized carbons (Fsp3) is 0.308. The van der Waals surface area contributed by atoms with Crippen molar-refractivity contribution in [1.82, 2.24) is 19.3 Å². The second-order valence-corrected chi connectivity index (χ2v) is 9.31. The molecular weight excluding hydrogens is 504 g/mol. The van der Waals surface area contributed by atoms with Crippen molar-refractivity contribution in [3.05, 3.63) is 92.4 Å². The first-order chi connectivity index (χ1) is 17.3. The van der Waals surface area contributed by atoms with Crippen LogP contribution in [0.5, 0.6) is 5.75 Å². The van der Waals surface area contributed by atoms with Crippen LogP contribution in [-0.2, 0) is 18.9 Å². The lowest BCUT2D eigenvalue weighted by Gasteiger charge is -2.16. The van der Waals surface area contributed by atoms with Crippen LogP contribution in [0.2, 0.25) is 5.02 Å². The molecule has 37 heavy (non-hydrogen) atoms. The van der Waals surface area contributed by atoms with Gasteiger partial charge in [0.05, 0.1) is 17.6 Å². The fourth-order valence-electron chi connectivity index (χ4n) is 3.48. The van der Waals surface area contributed by atoms with Crippen LogP contribution in [0.1, 0.15) is 43.5 Å². The average molecular weight is 532 g/mol. The van der Waals surface area contributed by atoms with E-state index in [4.69, 9.17) is 16.3 Å². The topological polar surface area (TPSA) is 94.5 Å². The van der Waals surface area contributed by atoms with Gasteiger partial charge in [-0.25, -0.2) is 13.5 Å². The Balaban J connectivity index is 1.86. The van der Waals surface area contributed by atoms with Gasteiger partial charge < -0.3 is 9.84 Å².